The van der Waals surface area contributed by atoms with Crippen molar-refractivity contribution in [3.63, 3.8) is 0 Å². The molecule has 0 aliphatic rings. The first-order valence-electron chi connectivity index (χ1n) is 3.30. The molecule has 0 saturated heterocycles. The van der Waals surface area contributed by atoms with Gasteiger partial charge in [0.2, 0.25) is 0 Å². The second-order valence-corrected chi connectivity index (χ2v) is 9.11. The lowest BCUT2D eigenvalue weighted by Gasteiger charge is -2.15. The predicted molar refractivity (Wildman–Crippen MR) is 44.6 cm³/mol. The van der Waals surface area contributed by atoms with Crippen LogP contribution in [0.3, 0.4) is 0 Å². The first-order chi connectivity index (χ1) is 4.48. The van der Waals surface area contributed by atoms with Gasteiger partial charge in [0.1, 0.15) is 0 Å². The van der Waals surface area contributed by atoms with E-state index in [2.05, 4.69) is 0 Å². The van der Waals surface area contributed by atoms with Crippen LogP contribution in [0.15, 0.2) is 0 Å². The molecule has 1 unspecified atom stereocenters. The molecule has 0 amide bonds. The molecule has 0 aliphatic carbocycles. The highest BCUT2D eigenvalue weighted by atomic mass is 35.6. The highest BCUT2D eigenvalue weighted by molar-refractivity contribution is 7.19. The molecule has 60 valence electrons. The molecule has 0 N–H and O–H groups in total. The Labute approximate surface area is 67.2 Å². The van der Waals surface area contributed by atoms with Gasteiger partial charge in [-0.05, 0) is 6.04 Å². The summed E-state index contributed by atoms with van der Waals surface area (Å²) in [6, 6.07) is 0.932. The van der Waals surface area contributed by atoms with Crippen LogP contribution in [0.4, 0.5) is 0 Å². The molecule has 0 aromatic heterocycles. The summed E-state index contributed by atoms with van der Waals surface area (Å²) in [4.78, 5) is 10.3. The number of ether oxygens (including phenoxy) is 1. The molecule has 0 spiro atoms. The van der Waals surface area contributed by atoms with Crippen molar-refractivity contribution in [2.24, 2.45) is 0 Å². The fraction of sp³-hybridized carbons (Fsp3) is 0.833. The normalized spacial score (nSPS) is 16.0. The summed E-state index contributed by atoms with van der Waals surface area (Å²) in [5.74, 6) is -0.243. The molecular weight excluding hydrogens is 168 g/mol. The lowest BCUT2D eigenvalue weighted by atomic mass is 10.8. The van der Waals surface area contributed by atoms with Crippen LogP contribution >= 0.6 is 11.1 Å². The first kappa shape index (κ1) is 9.98. The van der Waals surface area contributed by atoms with Crippen LogP contribution < -0.4 is 0 Å². The quantitative estimate of drug-likeness (QED) is 0.377. The second kappa shape index (κ2) is 3.98. The van der Waals surface area contributed by atoms with E-state index in [1.54, 1.807) is 0 Å². The van der Waals surface area contributed by atoms with Gasteiger partial charge in [0.15, 0.2) is 7.38 Å². The Morgan fingerprint density at radius 2 is 2.20 bits per heavy atom. The summed E-state index contributed by atoms with van der Waals surface area (Å²) in [5, 5.41) is 0. The third kappa shape index (κ3) is 4.82. The number of rotatable bonds is 3. The van der Waals surface area contributed by atoms with Gasteiger partial charge >= 0.3 is 5.97 Å². The zero-order valence-corrected chi connectivity index (χ0v) is 8.36. The Kier molecular flexibility index (Phi) is 3.97. The van der Waals surface area contributed by atoms with Crippen LogP contribution in [0.5, 0.6) is 0 Å². The molecule has 0 heterocycles. The second-order valence-electron chi connectivity index (χ2n) is 2.55. The van der Waals surface area contributed by atoms with E-state index in [-0.39, 0.29) is 5.97 Å². The van der Waals surface area contributed by atoms with Crippen molar-refractivity contribution in [3.8, 4) is 0 Å². The van der Waals surface area contributed by atoms with E-state index in [0.717, 1.165) is 6.04 Å². The van der Waals surface area contributed by atoms with Crippen LogP contribution in [-0.2, 0) is 9.53 Å². The Morgan fingerprint density at radius 1 is 1.70 bits per heavy atom. The van der Waals surface area contributed by atoms with Gasteiger partial charge < -0.3 is 4.74 Å². The zero-order chi connectivity index (χ0) is 8.20. The smallest absolute Gasteiger partial charge is 0.302 e. The molecule has 0 radical (unpaired) electrons. The summed E-state index contributed by atoms with van der Waals surface area (Å²) in [6.07, 6.45) is 0.431. The van der Waals surface area contributed by atoms with Gasteiger partial charge in [0.25, 0.3) is 0 Å². The number of carbonyl (C=O) groups excluding carboxylic acids is 1. The van der Waals surface area contributed by atoms with Gasteiger partial charge in [-0.25, -0.2) is 0 Å². The lowest BCUT2D eigenvalue weighted by molar-refractivity contribution is -0.139. The van der Waals surface area contributed by atoms with Gasteiger partial charge in [0.05, 0.1) is 6.23 Å². The SMILES string of the molecule is CC[Si](C)(Cl)COC(C)=O. The van der Waals surface area contributed by atoms with Gasteiger partial charge in [-0.3, -0.25) is 4.79 Å². The van der Waals surface area contributed by atoms with Gasteiger partial charge in [-0.2, -0.15) is 11.1 Å². The third-order valence-corrected chi connectivity index (χ3v) is 4.66. The monoisotopic (exact) mass is 180 g/mol. The Morgan fingerprint density at radius 3 is 2.50 bits per heavy atom. The van der Waals surface area contributed by atoms with Gasteiger partial charge in [-0.15, -0.1) is 0 Å². The molecule has 0 saturated carbocycles. The molecular formula is C6H13ClO2Si. The fourth-order valence-corrected chi connectivity index (χ4v) is 1.23. The highest BCUT2D eigenvalue weighted by Gasteiger charge is 2.23. The molecule has 0 fully saturated rings. The minimum atomic E-state index is -1.71. The summed E-state index contributed by atoms with van der Waals surface area (Å²) < 4.78 is 4.79. The van der Waals surface area contributed by atoms with Gasteiger partial charge in [0, 0.05) is 6.92 Å². The molecule has 0 aromatic carbocycles. The van der Waals surface area contributed by atoms with Crippen molar-refractivity contribution >= 4 is 24.4 Å². The van der Waals surface area contributed by atoms with E-state index in [4.69, 9.17) is 15.8 Å². The maximum Gasteiger partial charge on any atom is 0.302 e. The highest BCUT2D eigenvalue weighted by Crippen LogP contribution is 2.13. The van der Waals surface area contributed by atoms with E-state index < -0.39 is 7.38 Å². The molecule has 0 aromatic rings. The molecule has 0 bridgehead atoms. The predicted octanol–water partition coefficient (Wildman–Crippen LogP) is 1.92. The summed E-state index contributed by atoms with van der Waals surface area (Å²) >= 11 is 6.03. The van der Waals surface area contributed by atoms with Crippen LogP contribution in [0.25, 0.3) is 0 Å². The Balaban J connectivity index is 3.56. The number of hydrogen-bond donors (Lipinski definition) is 0. The van der Waals surface area contributed by atoms with E-state index in [1.807, 2.05) is 13.5 Å². The maximum absolute atomic E-state index is 10.3. The lowest BCUT2D eigenvalue weighted by Crippen LogP contribution is -2.29. The molecule has 0 aliphatic heterocycles. The van der Waals surface area contributed by atoms with Crippen molar-refractivity contribution in [1.29, 1.82) is 0 Å². The van der Waals surface area contributed by atoms with E-state index in [1.165, 1.54) is 6.92 Å². The molecule has 2 nitrogen and oxygen atoms in total. The Bertz CT molecular complexity index is 125. The van der Waals surface area contributed by atoms with Gasteiger partial charge in [-0.1, -0.05) is 13.5 Å². The van der Waals surface area contributed by atoms with Crippen molar-refractivity contribution < 1.29 is 9.53 Å². The number of hydrogen-bond acceptors (Lipinski definition) is 2. The van der Waals surface area contributed by atoms with E-state index in [0.29, 0.717) is 6.23 Å². The van der Waals surface area contributed by atoms with Crippen LogP contribution in [0, 0.1) is 0 Å². The number of esters is 1. The summed E-state index contributed by atoms with van der Waals surface area (Å²) in [7, 11) is -1.71. The van der Waals surface area contributed by atoms with Crippen LogP contribution in [0.1, 0.15) is 13.8 Å². The molecule has 10 heavy (non-hydrogen) atoms. The minimum absolute atomic E-state index is 0.243. The van der Waals surface area contributed by atoms with Crippen molar-refractivity contribution in [2.45, 2.75) is 26.4 Å². The van der Waals surface area contributed by atoms with Crippen LogP contribution in [-0.4, -0.2) is 19.6 Å². The molecule has 0 rings (SSSR count). The molecule has 4 heteroatoms. The number of halogens is 1. The maximum atomic E-state index is 10.3. The van der Waals surface area contributed by atoms with Crippen molar-refractivity contribution in [2.75, 3.05) is 6.23 Å². The minimum Gasteiger partial charge on any atom is -0.468 e. The number of carbonyl (C=O) groups is 1. The van der Waals surface area contributed by atoms with E-state index in [9.17, 15) is 4.79 Å². The largest absolute Gasteiger partial charge is 0.468 e. The summed E-state index contributed by atoms with van der Waals surface area (Å²) in [5.41, 5.74) is 0. The van der Waals surface area contributed by atoms with E-state index >= 15 is 0 Å². The fourth-order valence-electron chi connectivity index (χ4n) is 0.354. The van der Waals surface area contributed by atoms with Crippen LogP contribution in [0.2, 0.25) is 12.6 Å². The molecule has 1 atom stereocenters. The Hall–Kier alpha value is -0.0231. The third-order valence-electron chi connectivity index (χ3n) is 1.31. The topological polar surface area (TPSA) is 26.3 Å². The van der Waals surface area contributed by atoms with Crippen molar-refractivity contribution in [1.82, 2.24) is 0 Å². The average molecular weight is 181 g/mol. The average Bonchev–Trinajstić information content (AvgIpc) is 1.85. The first-order valence-corrected chi connectivity index (χ1v) is 7.23. The zero-order valence-electron chi connectivity index (χ0n) is 6.61. The summed E-state index contributed by atoms with van der Waals surface area (Å²) in [6.45, 7) is 5.40. The van der Waals surface area contributed by atoms with Crippen molar-refractivity contribution in [3.05, 3.63) is 0 Å². The standard InChI is InChI=1S/C6H13ClO2Si/c1-4-10(3,7)5-9-6(2)8/h4-5H2,1-3H3.